The van der Waals surface area contributed by atoms with Crippen LogP contribution in [0.1, 0.15) is 361 Å². The van der Waals surface area contributed by atoms with Gasteiger partial charge in [-0.25, -0.2) is 0 Å². The maximum absolute atomic E-state index is 12.9. The average Bonchev–Trinajstić information content (AvgIpc) is 3.34. The maximum atomic E-state index is 12.9. The average molecular weight is 962 g/mol. The Morgan fingerprint density at radius 3 is 0.588 bits per heavy atom. The summed E-state index contributed by atoms with van der Waals surface area (Å²) in [4.78, 5) is 38.2. The number of carbonyl (C=O) groups excluding carboxylic acids is 3. The quantitative estimate of drug-likeness (QED) is 0.0343. The Morgan fingerprint density at radius 1 is 0.235 bits per heavy atom. The summed E-state index contributed by atoms with van der Waals surface area (Å²) in [6.45, 7) is 6.72. The van der Waals surface area contributed by atoms with E-state index >= 15 is 0 Å². The minimum atomic E-state index is -0.761. The topological polar surface area (TPSA) is 78.9 Å². The van der Waals surface area contributed by atoms with Crippen LogP contribution in [0, 0.1) is 0 Å². The van der Waals surface area contributed by atoms with Crippen LogP contribution in [-0.2, 0) is 28.6 Å². The van der Waals surface area contributed by atoms with Gasteiger partial charge < -0.3 is 14.2 Å². The van der Waals surface area contributed by atoms with Gasteiger partial charge in [-0.15, -0.1) is 0 Å². The molecule has 0 aromatic carbocycles. The largest absolute Gasteiger partial charge is 0.462 e. The Balaban J connectivity index is 4.26. The van der Waals surface area contributed by atoms with Gasteiger partial charge in [0, 0.05) is 19.3 Å². The summed E-state index contributed by atoms with van der Waals surface area (Å²) in [5, 5.41) is 0. The standard InChI is InChI=1S/C62H120O6/c1-4-7-10-13-16-19-22-25-27-29-31-33-34-37-40-43-46-49-52-55-61(64)67-58-59(57-66-60(63)54-51-48-45-42-39-36-24-21-18-15-12-9-6-3)68-62(65)56-53-50-47-44-41-38-35-32-30-28-26-23-20-17-14-11-8-5-2/h59H,4-58H2,1-3H3. The molecule has 0 amide bonds. The summed E-state index contributed by atoms with van der Waals surface area (Å²) in [7, 11) is 0. The monoisotopic (exact) mass is 961 g/mol. The highest BCUT2D eigenvalue weighted by Crippen LogP contribution is 2.18. The maximum Gasteiger partial charge on any atom is 0.306 e. The lowest BCUT2D eigenvalue weighted by atomic mass is 10.0. The predicted octanol–water partition coefficient (Wildman–Crippen LogP) is 20.7. The van der Waals surface area contributed by atoms with Gasteiger partial charge in [-0.05, 0) is 19.3 Å². The molecule has 6 heteroatoms. The zero-order valence-electron chi connectivity index (χ0n) is 46.4. The first kappa shape index (κ1) is 66.4. The Labute approximate surface area is 425 Å². The molecule has 0 aliphatic rings. The van der Waals surface area contributed by atoms with Crippen LogP contribution >= 0.6 is 0 Å². The Hall–Kier alpha value is -1.59. The highest BCUT2D eigenvalue weighted by atomic mass is 16.6. The minimum Gasteiger partial charge on any atom is -0.462 e. The summed E-state index contributed by atoms with van der Waals surface area (Å²) in [6.07, 6.45) is 65.3. The number of hydrogen-bond donors (Lipinski definition) is 0. The molecule has 0 rings (SSSR count). The molecular formula is C62H120O6. The van der Waals surface area contributed by atoms with Crippen LogP contribution < -0.4 is 0 Å². The Kier molecular flexibility index (Phi) is 56.6. The van der Waals surface area contributed by atoms with Crippen molar-refractivity contribution in [2.75, 3.05) is 13.2 Å². The van der Waals surface area contributed by atoms with Crippen LogP contribution in [0.4, 0.5) is 0 Å². The number of esters is 3. The second-order valence-electron chi connectivity index (χ2n) is 21.3. The van der Waals surface area contributed by atoms with Gasteiger partial charge in [-0.2, -0.15) is 0 Å². The first-order chi connectivity index (χ1) is 33.5. The first-order valence-corrected chi connectivity index (χ1v) is 31.0. The van der Waals surface area contributed by atoms with E-state index in [9.17, 15) is 14.4 Å². The lowest BCUT2D eigenvalue weighted by Gasteiger charge is -2.18. The summed E-state index contributed by atoms with van der Waals surface area (Å²) in [5.74, 6) is -0.827. The van der Waals surface area contributed by atoms with Crippen molar-refractivity contribution in [1.29, 1.82) is 0 Å². The van der Waals surface area contributed by atoms with E-state index in [1.165, 1.54) is 263 Å². The number of hydrogen-bond acceptors (Lipinski definition) is 6. The lowest BCUT2D eigenvalue weighted by molar-refractivity contribution is -0.167. The number of ether oxygens (including phenoxy) is 3. The van der Waals surface area contributed by atoms with Crippen molar-refractivity contribution in [3.63, 3.8) is 0 Å². The Bertz CT molecular complexity index is 1010. The van der Waals surface area contributed by atoms with Crippen LogP contribution in [0.15, 0.2) is 0 Å². The van der Waals surface area contributed by atoms with Crippen molar-refractivity contribution in [3.8, 4) is 0 Å². The molecule has 0 N–H and O–H groups in total. The first-order valence-electron chi connectivity index (χ1n) is 31.0. The molecule has 0 aromatic heterocycles. The third-order valence-electron chi connectivity index (χ3n) is 14.4. The second-order valence-corrected chi connectivity index (χ2v) is 21.3. The third-order valence-corrected chi connectivity index (χ3v) is 14.4. The van der Waals surface area contributed by atoms with Gasteiger partial charge in [0.2, 0.25) is 0 Å². The molecule has 0 heterocycles. The second kappa shape index (κ2) is 58.0. The van der Waals surface area contributed by atoms with Crippen molar-refractivity contribution < 1.29 is 28.6 Å². The number of carbonyl (C=O) groups is 3. The predicted molar refractivity (Wildman–Crippen MR) is 294 cm³/mol. The molecular weight excluding hydrogens is 841 g/mol. The van der Waals surface area contributed by atoms with Gasteiger partial charge in [0.15, 0.2) is 6.10 Å². The van der Waals surface area contributed by atoms with Crippen molar-refractivity contribution in [3.05, 3.63) is 0 Å². The molecule has 0 radical (unpaired) electrons. The van der Waals surface area contributed by atoms with Gasteiger partial charge in [0.25, 0.3) is 0 Å². The molecule has 0 aromatic rings. The van der Waals surface area contributed by atoms with E-state index in [-0.39, 0.29) is 31.1 Å². The SMILES string of the molecule is CCCCCCCCCCCCCCCCCCCCCC(=O)OCC(COC(=O)CCCCCCCCCCCCCCC)OC(=O)CCCCCCCCCCCCCCCCCCCC. The molecule has 0 aliphatic heterocycles. The number of rotatable bonds is 58. The third kappa shape index (κ3) is 55.3. The van der Waals surface area contributed by atoms with Crippen molar-refractivity contribution in [2.24, 2.45) is 0 Å². The zero-order valence-corrected chi connectivity index (χ0v) is 46.4. The van der Waals surface area contributed by atoms with Crippen molar-refractivity contribution in [1.82, 2.24) is 0 Å². The van der Waals surface area contributed by atoms with E-state index in [4.69, 9.17) is 14.2 Å². The summed E-state index contributed by atoms with van der Waals surface area (Å²) in [6, 6.07) is 0. The van der Waals surface area contributed by atoms with E-state index in [1.54, 1.807) is 0 Å². The van der Waals surface area contributed by atoms with E-state index in [2.05, 4.69) is 20.8 Å². The van der Waals surface area contributed by atoms with Crippen LogP contribution in [0.2, 0.25) is 0 Å². The van der Waals surface area contributed by atoms with Gasteiger partial charge in [0.1, 0.15) is 13.2 Å². The minimum absolute atomic E-state index is 0.0607. The van der Waals surface area contributed by atoms with Gasteiger partial charge in [-0.1, -0.05) is 323 Å². The van der Waals surface area contributed by atoms with Crippen LogP contribution in [-0.4, -0.2) is 37.2 Å². The van der Waals surface area contributed by atoms with Crippen molar-refractivity contribution >= 4 is 17.9 Å². The molecule has 6 nitrogen and oxygen atoms in total. The molecule has 68 heavy (non-hydrogen) atoms. The van der Waals surface area contributed by atoms with Crippen molar-refractivity contribution in [2.45, 2.75) is 367 Å². The molecule has 0 aliphatic carbocycles. The zero-order chi connectivity index (χ0) is 49.3. The number of unbranched alkanes of at least 4 members (excludes halogenated alkanes) is 47. The molecule has 1 atom stereocenters. The summed E-state index contributed by atoms with van der Waals surface area (Å²) >= 11 is 0. The highest BCUT2D eigenvalue weighted by Gasteiger charge is 2.19. The van der Waals surface area contributed by atoms with E-state index in [0.29, 0.717) is 19.3 Å². The van der Waals surface area contributed by atoms with Crippen LogP contribution in [0.3, 0.4) is 0 Å². The summed E-state index contributed by atoms with van der Waals surface area (Å²) in [5.41, 5.74) is 0. The molecule has 0 fully saturated rings. The van der Waals surface area contributed by atoms with Gasteiger partial charge in [-0.3, -0.25) is 14.4 Å². The van der Waals surface area contributed by atoms with Gasteiger partial charge >= 0.3 is 17.9 Å². The lowest BCUT2D eigenvalue weighted by Crippen LogP contribution is -2.30. The van der Waals surface area contributed by atoms with Crippen LogP contribution in [0.5, 0.6) is 0 Å². The molecule has 0 saturated carbocycles. The van der Waals surface area contributed by atoms with E-state index < -0.39 is 6.10 Å². The molecule has 0 bridgehead atoms. The van der Waals surface area contributed by atoms with Gasteiger partial charge in [0.05, 0.1) is 0 Å². The molecule has 0 saturated heterocycles. The molecule has 0 spiro atoms. The smallest absolute Gasteiger partial charge is 0.306 e. The fourth-order valence-electron chi connectivity index (χ4n) is 9.68. The highest BCUT2D eigenvalue weighted by molar-refractivity contribution is 5.71. The Morgan fingerprint density at radius 2 is 0.397 bits per heavy atom. The van der Waals surface area contributed by atoms with Crippen LogP contribution in [0.25, 0.3) is 0 Å². The van der Waals surface area contributed by atoms with E-state index in [0.717, 1.165) is 57.8 Å². The fraction of sp³-hybridized carbons (Fsp3) is 0.952. The summed E-state index contributed by atoms with van der Waals surface area (Å²) < 4.78 is 16.9. The molecule has 404 valence electrons. The normalized spacial score (nSPS) is 11.9. The fourth-order valence-corrected chi connectivity index (χ4v) is 9.68. The molecule has 1 unspecified atom stereocenters. The van der Waals surface area contributed by atoms with E-state index in [1.807, 2.05) is 0 Å².